The Labute approximate surface area is 95.8 Å². The number of hydrogen-bond acceptors (Lipinski definition) is 3. The van der Waals surface area contributed by atoms with Crippen LogP contribution in [0.5, 0.6) is 0 Å². The van der Waals surface area contributed by atoms with Crippen LogP contribution in [-0.4, -0.2) is 19.2 Å². The van der Waals surface area contributed by atoms with E-state index in [-0.39, 0.29) is 6.04 Å². The van der Waals surface area contributed by atoms with Crippen molar-refractivity contribution in [3.05, 3.63) is 35.9 Å². The molecule has 1 aromatic rings. The van der Waals surface area contributed by atoms with Crippen molar-refractivity contribution >= 4 is 6.09 Å². The van der Waals surface area contributed by atoms with Crippen molar-refractivity contribution in [1.29, 1.82) is 0 Å². The van der Waals surface area contributed by atoms with Crippen molar-refractivity contribution in [1.82, 2.24) is 5.32 Å². The van der Waals surface area contributed by atoms with E-state index in [9.17, 15) is 4.79 Å². The van der Waals surface area contributed by atoms with E-state index in [1.165, 1.54) is 5.56 Å². The zero-order valence-corrected chi connectivity index (χ0v) is 9.48. The molecule has 3 N–H and O–H groups in total. The van der Waals surface area contributed by atoms with Gasteiger partial charge in [0.2, 0.25) is 0 Å². The van der Waals surface area contributed by atoms with Gasteiger partial charge in [0.1, 0.15) is 6.61 Å². The average Bonchev–Trinajstić information content (AvgIpc) is 2.30. The number of nitrogens with two attached hydrogens (primary N) is 1. The molecule has 0 radical (unpaired) electrons. The van der Waals surface area contributed by atoms with Crippen LogP contribution in [0.1, 0.15) is 24.9 Å². The zero-order valence-electron chi connectivity index (χ0n) is 9.48. The van der Waals surface area contributed by atoms with Crippen molar-refractivity contribution in [3.8, 4) is 0 Å². The highest BCUT2D eigenvalue weighted by molar-refractivity contribution is 5.64. The van der Waals surface area contributed by atoms with E-state index in [4.69, 9.17) is 5.73 Å². The summed E-state index contributed by atoms with van der Waals surface area (Å²) in [5.41, 5.74) is 6.10. The summed E-state index contributed by atoms with van der Waals surface area (Å²) in [6, 6.07) is 10.5. The first-order chi connectivity index (χ1) is 7.74. The summed E-state index contributed by atoms with van der Waals surface area (Å²) >= 11 is 0. The average molecular weight is 222 g/mol. The van der Waals surface area contributed by atoms with Crippen molar-refractivity contribution in [2.45, 2.75) is 19.4 Å². The van der Waals surface area contributed by atoms with Gasteiger partial charge in [-0.05, 0) is 12.0 Å². The molecule has 0 heterocycles. The Morgan fingerprint density at radius 2 is 2.12 bits per heavy atom. The lowest BCUT2D eigenvalue weighted by Gasteiger charge is -2.17. The first-order valence-corrected chi connectivity index (χ1v) is 5.44. The summed E-state index contributed by atoms with van der Waals surface area (Å²) in [7, 11) is 0. The fourth-order valence-electron chi connectivity index (χ4n) is 1.57. The summed E-state index contributed by atoms with van der Waals surface area (Å²) in [5, 5.41) is 3.31. The van der Waals surface area contributed by atoms with Gasteiger partial charge in [-0.3, -0.25) is 0 Å². The summed E-state index contributed by atoms with van der Waals surface area (Å²) in [4.78, 5) is 10.4. The third-order valence-corrected chi connectivity index (χ3v) is 2.35. The van der Waals surface area contributed by atoms with Gasteiger partial charge in [0, 0.05) is 12.6 Å². The molecule has 1 amide bonds. The minimum Gasteiger partial charge on any atom is -0.448 e. The Balaban J connectivity index is 2.35. The summed E-state index contributed by atoms with van der Waals surface area (Å²) < 4.78 is 4.65. The van der Waals surface area contributed by atoms with Crippen molar-refractivity contribution in [2.24, 2.45) is 5.73 Å². The quantitative estimate of drug-likeness (QED) is 0.722. The first-order valence-electron chi connectivity index (χ1n) is 5.44. The van der Waals surface area contributed by atoms with Crippen LogP contribution in [0.3, 0.4) is 0 Å². The number of rotatable bonds is 6. The molecule has 16 heavy (non-hydrogen) atoms. The fraction of sp³-hybridized carbons (Fsp3) is 0.417. The van der Waals surface area contributed by atoms with E-state index in [1.54, 1.807) is 0 Å². The van der Waals surface area contributed by atoms with Crippen LogP contribution in [-0.2, 0) is 4.74 Å². The fourth-order valence-corrected chi connectivity index (χ4v) is 1.57. The van der Waals surface area contributed by atoms with Gasteiger partial charge >= 0.3 is 6.09 Å². The molecule has 0 saturated carbocycles. The summed E-state index contributed by atoms with van der Waals surface area (Å²) in [5.74, 6) is 0. The zero-order chi connectivity index (χ0) is 11.8. The van der Waals surface area contributed by atoms with Crippen LogP contribution in [0.4, 0.5) is 4.79 Å². The molecule has 4 nitrogen and oxygen atoms in total. The van der Waals surface area contributed by atoms with Crippen LogP contribution in [0.15, 0.2) is 30.3 Å². The molecular weight excluding hydrogens is 204 g/mol. The topological polar surface area (TPSA) is 64.3 Å². The van der Waals surface area contributed by atoms with E-state index in [2.05, 4.69) is 29.1 Å². The number of amides is 1. The predicted octanol–water partition coefficient (Wildman–Crippen LogP) is 1.82. The first kappa shape index (κ1) is 12.5. The van der Waals surface area contributed by atoms with Crippen molar-refractivity contribution < 1.29 is 9.53 Å². The smallest absolute Gasteiger partial charge is 0.404 e. The van der Waals surface area contributed by atoms with Gasteiger partial charge in [0.25, 0.3) is 0 Å². The Morgan fingerprint density at radius 3 is 2.69 bits per heavy atom. The van der Waals surface area contributed by atoms with Gasteiger partial charge in [-0.15, -0.1) is 0 Å². The molecule has 0 aliphatic heterocycles. The largest absolute Gasteiger partial charge is 0.448 e. The molecule has 0 aliphatic carbocycles. The summed E-state index contributed by atoms with van der Waals surface area (Å²) in [6.07, 6.45) is 0.259. The molecule has 1 unspecified atom stereocenters. The molecule has 88 valence electrons. The third kappa shape index (κ3) is 4.31. The molecule has 1 atom stereocenters. The van der Waals surface area contributed by atoms with E-state index in [0.29, 0.717) is 13.2 Å². The van der Waals surface area contributed by atoms with Gasteiger partial charge in [0.15, 0.2) is 0 Å². The van der Waals surface area contributed by atoms with Gasteiger partial charge in [0.05, 0.1) is 0 Å². The lowest BCUT2D eigenvalue weighted by atomic mass is 10.1. The van der Waals surface area contributed by atoms with Gasteiger partial charge < -0.3 is 15.8 Å². The minimum atomic E-state index is -0.727. The maximum absolute atomic E-state index is 10.4. The van der Waals surface area contributed by atoms with Crippen molar-refractivity contribution in [2.75, 3.05) is 13.2 Å². The highest BCUT2D eigenvalue weighted by atomic mass is 16.5. The van der Waals surface area contributed by atoms with E-state index >= 15 is 0 Å². The SMILES string of the molecule is CCC(NCCOC(N)=O)c1ccccc1. The molecule has 1 aromatic carbocycles. The number of ether oxygens (including phenoxy) is 1. The van der Waals surface area contributed by atoms with Gasteiger partial charge in [-0.25, -0.2) is 4.79 Å². The normalized spacial score (nSPS) is 12.1. The van der Waals surface area contributed by atoms with Crippen LogP contribution >= 0.6 is 0 Å². The maximum atomic E-state index is 10.4. The number of primary amides is 1. The van der Waals surface area contributed by atoms with Gasteiger partial charge in [-0.1, -0.05) is 37.3 Å². The lowest BCUT2D eigenvalue weighted by molar-refractivity contribution is 0.156. The number of benzene rings is 1. The van der Waals surface area contributed by atoms with E-state index in [0.717, 1.165) is 6.42 Å². The minimum absolute atomic E-state index is 0.290. The second-order valence-corrected chi connectivity index (χ2v) is 3.49. The van der Waals surface area contributed by atoms with Crippen LogP contribution in [0, 0.1) is 0 Å². The Hall–Kier alpha value is -1.55. The second kappa shape index (κ2) is 6.85. The summed E-state index contributed by atoms with van der Waals surface area (Å²) in [6.45, 7) is 3.02. The molecular formula is C12H18N2O2. The number of nitrogens with one attached hydrogen (secondary N) is 1. The maximum Gasteiger partial charge on any atom is 0.404 e. The molecule has 0 spiro atoms. The monoisotopic (exact) mass is 222 g/mol. The molecule has 0 saturated heterocycles. The van der Waals surface area contributed by atoms with Crippen LogP contribution in [0.25, 0.3) is 0 Å². The van der Waals surface area contributed by atoms with E-state index in [1.807, 2.05) is 18.2 Å². The van der Waals surface area contributed by atoms with Crippen LogP contribution < -0.4 is 11.1 Å². The Kier molecular flexibility index (Phi) is 5.36. The molecule has 0 aliphatic rings. The van der Waals surface area contributed by atoms with Crippen molar-refractivity contribution in [3.63, 3.8) is 0 Å². The molecule has 4 heteroatoms. The molecule has 0 fully saturated rings. The van der Waals surface area contributed by atoms with Gasteiger partial charge in [-0.2, -0.15) is 0 Å². The molecule has 1 rings (SSSR count). The third-order valence-electron chi connectivity index (χ3n) is 2.35. The second-order valence-electron chi connectivity index (χ2n) is 3.49. The molecule has 0 aromatic heterocycles. The highest BCUT2D eigenvalue weighted by Crippen LogP contribution is 2.15. The predicted molar refractivity (Wildman–Crippen MR) is 63.0 cm³/mol. The highest BCUT2D eigenvalue weighted by Gasteiger charge is 2.07. The Morgan fingerprint density at radius 1 is 1.44 bits per heavy atom. The van der Waals surface area contributed by atoms with Crippen LogP contribution in [0.2, 0.25) is 0 Å². The lowest BCUT2D eigenvalue weighted by Crippen LogP contribution is -2.27. The number of carbonyl (C=O) groups excluding carboxylic acids is 1. The number of carbonyl (C=O) groups is 1. The van der Waals surface area contributed by atoms with E-state index < -0.39 is 6.09 Å². The standard InChI is InChI=1S/C12H18N2O2/c1-2-11(10-6-4-3-5-7-10)14-8-9-16-12(13)15/h3-7,11,14H,2,8-9H2,1H3,(H2,13,15). The molecule has 0 bridgehead atoms. The number of hydrogen-bond donors (Lipinski definition) is 2. The Bertz CT molecular complexity index is 314.